The number of hydrogen-bond donors (Lipinski definition) is 2. The lowest BCUT2D eigenvalue weighted by atomic mass is 9.96. The van der Waals surface area contributed by atoms with Crippen LogP contribution in [0, 0.1) is 17.5 Å². The van der Waals surface area contributed by atoms with Crippen molar-refractivity contribution in [1.82, 2.24) is 14.7 Å². The van der Waals surface area contributed by atoms with Crippen molar-refractivity contribution < 1.29 is 32.7 Å². The lowest BCUT2D eigenvalue weighted by molar-refractivity contribution is -0.117. The van der Waals surface area contributed by atoms with Gasteiger partial charge >= 0.3 is 12.0 Å². The highest BCUT2D eigenvalue weighted by atomic mass is 19.2. The zero-order valence-electron chi connectivity index (χ0n) is 19.6. The summed E-state index contributed by atoms with van der Waals surface area (Å²) in [5, 5.41) is 16.1. The summed E-state index contributed by atoms with van der Waals surface area (Å²) in [6.45, 7) is 2.48. The Morgan fingerprint density at radius 2 is 1.84 bits per heavy atom. The molecule has 2 aliphatic heterocycles. The van der Waals surface area contributed by atoms with Crippen molar-refractivity contribution in [3.05, 3.63) is 76.9 Å². The van der Waals surface area contributed by atoms with E-state index < -0.39 is 29.5 Å². The van der Waals surface area contributed by atoms with Crippen LogP contribution in [0.2, 0.25) is 0 Å². The average molecular weight is 513 g/mol. The van der Waals surface area contributed by atoms with Gasteiger partial charge in [-0.05, 0) is 24.6 Å². The molecule has 1 fully saturated rings. The van der Waals surface area contributed by atoms with Gasteiger partial charge in [-0.3, -0.25) is 9.48 Å². The van der Waals surface area contributed by atoms with Gasteiger partial charge in [0.05, 0.1) is 42.3 Å². The van der Waals surface area contributed by atoms with Crippen LogP contribution in [0.25, 0.3) is 0 Å². The lowest BCUT2D eigenvalue weighted by Gasteiger charge is -2.35. The second-order valence-corrected chi connectivity index (χ2v) is 9.16. The predicted octanol–water partition coefficient (Wildman–Crippen LogP) is 3.96. The molecule has 9 nitrogen and oxygen atoms in total. The van der Waals surface area contributed by atoms with E-state index in [1.165, 1.54) is 11.0 Å². The number of carboxylic acids is 1. The molecule has 0 saturated carbocycles. The Hall–Kier alpha value is -4.35. The van der Waals surface area contributed by atoms with Crippen LogP contribution < -0.4 is 10.2 Å². The Morgan fingerprint density at radius 3 is 2.54 bits per heavy atom. The SMILES string of the molecule is C[C@H]1Cn2ncc(N3CC(c4cccc(C(=O)O)c4)CC3=O)c2CN1C(=O)Nc1cc(F)c(F)c(F)c1. The van der Waals surface area contributed by atoms with E-state index in [9.17, 15) is 32.7 Å². The topological polar surface area (TPSA) is 108 Å². The van der Waals surface area contributed by atoms with E-state index in [1.807, 2.05) is 0 Å². The third kappa shape index (κ3) is 4.50. The molecule has 3 heterocycles. The van der Waals surface area contributed by atoms with E-state index in [-0.39, 0.29) is 42.1 Å². The monoisotopic (exact) mass is 513 g/mol. The second kappa shape index (κ2) is 9.26. The van der Waals surface area contributed by atoms with Crippen LogP contribution in [0.4, 0.5) is 29.3 Å². The second-order valence-electron chi connectivity index (χ2n) is 9.16. The number of aromatic nitrogens is 2. The van der Waals surface area contributed by atoms with Crippen LogP contribution in [-0.4, -0.2) is 50.3 Å². The molecule has 37 heavy (non-hydrogen) atoms. The van der Waals surface area contributed by atoms with Crippen molar-refractivity contribution in [1.29, 1.82) is 0 Å². The van der Waals surface area contributed by atoms with Crippen LogP contribution in [0.15, 0.2) is 42.6 Å². The Balaban J connectivity index is 1.36. The number of hydrogen-bond acceptors (Lipinski definition) is 4. The molecule has 0 bridgehead atoms. The number of nitrogens with zero attached hydrogens (tertiary/aromatic N) is 4. The predicted molar refractivity (Wildman–Crippen MR) is 126 cm³/mol. The van der Waals surface area contributed by atoms with Crippen molar-refractivity contribution in [3.8, 4) is 0 Å². The molecule has 1 unspecified atom stereocenters. The van der Waals surface area contributed by atoms with Gasteiger partial charge in [-0.1, -0.05) is 12.1 Å². The molecular weight excluding hydrogens is 491 g/mol. The maximum absolute atomic E-state index is 13.6. The third-order valence-electron chi connectivity index (χ3n) is 6.73. The number of rotatable bonds is 4. The Kier molecular flexibility index (Phi) is 6.10. The van der Waals surface area contributed by atoms with Crippen LogP contribution in [0.5, 0.6) is 0 Å². The first-order chi connectivity index (χ1) is 17.6. The van der Waals surface area contributed by atoms with Crippen molar-refractivity contribution in [2.75, 3.05) is 16.8 Å². The minimum atomic E-state index is -1.62. The fraction of sp³-hybridized carbons (Fsp3) is 0.280. The average Bonchev–Trinajstić information content (AvgIpc) is 3.44. The van der Waals surface area contributed by atoms with Gasteiger partial charge in [-0.25, -0.2) is 22.8 Å². The molecule has 2 N–H and O–H groups in total. The number of carbonyl (C=O) groups is 3. The van der Waals surface area contributed by atoms with Crippen LogP contribution in [-0.2, 0) is 17.9 Å². The molecule has 3 amide bonds. The van der Waals surface area contributed by atoms with Gasteiger partial charge in [-0.15, -0.1) is 0 Å². The molecule has 0 aliphatic carbocycles. The van der Waals surface area contributed by atoms with E-state index in [4.69, 9.17) is 0 Å². The van der Waals surface area contributed by atoms with Crippen LogP contribution >= 0.6 is 0 Å². The van der Waals surface area contributed by atoms with Crippen LogP contribution in [0.3, 0.4) is 0 Å². The van der Waals surface area contributed by atoms with Crippen molar-refractivity contribution in [2.45, 2.75) is 38.4 Å². The standard InChI is InChI=1S/C25H22F3N5O4/c1-13-10-33-21(12-31(13)25(37)30-17-7-18(26)23(28)19(27)8-17)20(9-29-33)32-11-16(6-22(32)34)14-3-2-4-15(5-14)24(35)36/h2-5,7-9,13,16H,6,10-12H2,1H3,(H,30,37)(H,35,36)/t13-,16?/m0/s1. The van der Waals surface area contributed by atoms with Gasteiger partial charge in [0.15, 0.2) is 17.5 Å². The van der Waals surface area contributed by atoms with E-state index in [0.717, 1.165) is 5.56 Å². The Bertz CT molecular complexity index is 1400. The molecule has 5 rings (SSSR count). The number of amides is 3. The molecule has 1 saturated heterocycles. The van der Waals surface area contributed by atoms with E-state index in [2.05, 4.69) is 10.4 Å². The first-order valence-corrected chi connectivity index (χ1v) is 11.5. The highest BCUT2D eigenvalue weighted by Crippen LogP contribution is 2.35. The molecule has 12 heteroatoms. The summed E-state index contributed by atoms with van der Waals surface area (Å²) in [5.41, 5.74) is 1.80. The molecule has 3 aromatic rings. The number of halogens is 3. The Labute approximate surface area is 209 Å². The minimum Gasteiger partial charge on any atom is -0.478 e. The normalized spacial score (nSPS) is 19.2. The van der Waals surface area contributed by atoms with Gasteiger partial charge < -0.3 is 20.2 Å². The summed E-state index contributed by atoms with van der Waals surface area (Å²) in [6.07, 6.45) is 1.75. The summed E-state index contributed by atoms with van der Waals surface area (Å²) in [6, 6.07) is 6.89. The number of fused-ring (bicyclic) bond motifs is 1. The zero-order chi connectivity index (χ0) is 26.4. The van der Waals surface area contributed by atoms with E-state index in [1.54, 1.807) is 40.9 Å². The van der Waals surface area contributed by atoms with E-state index >= 15 is 0 Å². The maximum atomic E-state index is 13.6. The fourth-order valence-electron chi connectivity index (χ4n) is 4.80. The summed E-state index contributed by atoms with van der Waals surface area (Å²) < 4.78 is 42.1. The van der Waals surface area contributed by atoms with Gasteiger partial charge in [0, 0.05) is 36.7 Å². The molecule has 192 valence electrons. The van der Waals surface area contributed by atoms with Gasteiger partial charge in [0.1, 0.15) is 0 Å². The lowest BCUT2D eigenvalue weighted by Crippen LogP contribution is -2.47. The molecular formula is C25H22F3N5O4. The maximum Gasteiger partial charge on any atom is 0.335 e. The summed E-state index contributed by atoms with van der Waals surface area (Å²) in [4.78, 5) is 40.3. The van der Waals surface area contributed by atoms with E-state index in [0.29, 0.717) is 36.6 Å². The quantitative estimate of drug-likeness (QED) is 0.514. The number of aromatic carboxylic acids is 1. The summed E-state index contributed by atoms with van der Waals surface area (Å²) in [7, 11) is 0. The zero-order valence-corrected chi connectivity index (χ0v) is 19.6. The minimum absolute atomic E-state index is 0.0669. The molecule has 0 spiro atoms. The largest absolute Gasteiger partial charge is 0.478 e. The molecule has 0 radical (unpaired) electrons. The van der Waals surface area contributed by atoms with Gasteiger partial charge in [0.25, 0.3) is 0 Å². The Morgan fingerprint density at radius 1 is 1.11 bits per heavy atom. The fourth-order valence-corrected chi connectivity index (χ4v) is 4.80. The van der Waals surface area contributed by atoms with Crippen molar-refractivity contribution >= 4 is 29.3 Å². The highest BCUT2D eigenvalue weighted by molar-refractivity contribution is 5.97. The number of anilines is 2. The number of urea groups is 1. The van der Waals surface area contributed by atoms with Crippen molar-refractivity contribution in [3.63, 3.8) is 0 Å². The first kappa shape index (κ1) is 24.3. The summed E-state index contributed by atoms with van der Waals surface area (Å²) in [5.74, 6) is -5.88. The number of carbonyl (C=O) groups excluding carboxylic acids is 2. The smallest absolute Gasteiger partial charge is 0.335 e. The summed E-state index contributed by atoms with van der Waals surface area (Å²) >= 11 is 0. The molecule has 2 aliphatic rings. The van der Waals surface area contributed by atoms with Crippen molar-refractivity contribution in [2.24, 2.45) is 0 Å². The number of carboxylic acid groups (broad SMARTS) is 1. The van der Waals surface area contributed by atoms with Crippen LogP contribution in [0.1, 0.15) is 40.9 Å². The molecule has 2 atom stereocenters. The highest BCUT2D eigenvalue weighted by Gasteiger charge is 2.37. The number of nitrogens with one attached hydrogen (secondary N) is 1. The third-order valence-corrected chi connectivity index (χ3v) is 6.73. The first-order valence-electron chi connectivity index (χ1n) is 11.5. The number of benzene rings is 2. The van der Waals surface area contributed by atoms with Gasteiger partial charge in [0.2, 0.25) is 5.91 Å². The van der Waals surface area contributed by atoms with Gasteiger partial charge in [-0.2, -0.15) is 5.10 Å². The molecule has 1 aromatic heterocycles. The molecule has 2 aromatic carbocycles.